The molecule has 0 spiro atoms. The van der Waals surface area contributed by atoms with Gasteiger partial charge in [0, 0.05) is 34.6 Å². The van der Waals surface area contributed by atoms with Crippen molar-refractivity contribution in [1.82, 2.24) is 26.6 Å². The average molecular weight is 1830 g/mol. The molecule has 0 saturated carbocycles. The fourth-order valence-corrected chi connectivity index (χ4v) is 15.8. The van der Waals surface area contributed by atoms with E-state index in [-0.39, 0.29) is 0 Å². The highest BCUT2D eigenvalue weighted by atomic mass is 16.8. The van der Waals surface area contributed by atoms with E-state index < -0.39 is 396 Å². The van der Waals surface area contributed by atoms with Gasteiger partial charge in [-0.2, -0.15) is 0 Å². The minimum Gasteiger partial charge on any atom is -0.394 e. The molecule has 0 aromatic carbocycles. The van der Waals surface area contributed by atoms with Gasteiger partial charge in [-0.25, -0.2) is 0 Å². The molecule has 724 valence electrons. The Morgan fingerprint density at radius 3 is 1.08 bits per heavy atom. The van der Waals surface area contributed by atoms with Crippen LogP contribution in [0, 0.1) is 0 Å². The van der Waals surface area contributed by atoms with Gasteiger partial charge >= 0.3 is 0 Å². The normalized spacial score (nSPS) is 46.1. The third kappa shape index (κ3) is 24.1. The Bertz CT molecular complexity index is 3370. The maximum Gasteiger partial charge on any atom is 0.217 e. The van der Waals surface area contributed by atoms with E-state index in [0.29, 0.717) is 0 Å². The first-order chi connectivity index (χ1) is 59.0. The van der Waals surface area contributed by atoms with Crippen LogP contribution in [0.1, 0.15) is 41.5 Å². The number of nitrogens with one attached hydrogen (secondary N) is 5. The molecular weight excluding hydrogens is 1710 g/mol. The number of hydrogen-bond donors (Lipinski definition) is 32. The van der Waals surface area contributed by atoms with Gasteiger partial charge in [-0.15, -0.1) is 0 Å². The lowest BCUT2D eigenvalue weighted by atomic mass is 9.94. The van der Waals surface area contributed by atoms with Gasteiger partial charge in [0.15, 0.2) is 56.6 Å². The molecule has 0 unspecified atom stereocenters. The molecule has 55 nitrogen and oxygen atoms in total. The molecular formula is C70H119N5O50. The molecule has 0 bridgehead atoms. The molecule has 0 aromatic rings. The molecule has 125 heavy (non-hydrogen) atoms. The Labute approximate surface area is 709 Å². The molecule has 9 aliphatic heterocycles. The second-order valence-corrected chi connectivity index (χ2v) is 31.5. The fourth-order valence-electron chi connectivity index (χ4n) is 15.8. The van der Waals surface area contributed by atoms with Gasteiger partial charge in [-0.3, -0.25) is 24.0 Å². The number of carbonyl (C=O) groups is 5. The van der Waals surface area contributed by atoms with Gasteiger partial charge in [0.2, 0.25) is 29.5 Å². The number of hydrogen-bond acceptors (Lipinski definition) is 50. The molecule has 32 N–H and O–H groups in total. The van der Waals surface area contributed by atoms with E-state index in [1.54, 1.807) is 0 Å². The van der Waals surface area contributed by atoms with E-state index >= 15 is 0 Å². The number of rotatable bonds is 36. The molecule has 9 fully saturated rings. The minimum atomic E-state index is -2.70. The predicted octanol–water partition coefficient (Wildman–Crippen LogP) is -21.4. The Balaban J connectivity index is 1.11. The van der Waals surface area contributed by atoms with Gasteiger partial charge in [-0.05, 0) is 6.92 Å². The van der Waals surface area contributed by atoms with E-state index in [1.165, 1.54) is 6.92 Å². The summed E-state index contributed by atoms with van der Waals surface area (Å²) in [5.74, 6) is -4.73. The first-order valence-electron chi connectivity index (χ1n) is 39.9. The lowest BCUT2D eigenvalue weighted by Gasteiger charge is -2.51. The van der Waals surface area contributed by atoms with Crippen LogP contribution in [-0.2, 0) is 109 Å². The van der Waals surface area contributed by atoms with Gasteiger partial charge in [0.1, 0.15) is 232 Å². The monoisotopic (exact) mass is 1830 g/mol. The summed E-state index contributed by atoms with van der Waals surface area (Å²) >= 11 is 0. The average Bonchev–Trinajstić information content (AvgIpc) is 0.762. The molecule has 55 heteroatoms. The van der Waals surface area contributed by atoms with Gasteiger partial charge in [0.25, 0.3) is 0 Å². The maximum absolute atomic E-state index is 13.3. The summed E-state index contributed by atoms with van der Waals surface area (Å²) in [6.07, 6.45) is -93.7. The van der Waals surface area contributed by atoms with Crippen LogP contribution >= 0.6 is 0 Å². The Morgan fingerprint density at radius 2 is 0.632 bits per heavy atom. The number of amides is 5. The Morgan fingerprint density at radius 1 is 0.296 bits per heavy atom. The molecule has 9 saturated heterocycles. The summed E-state index contributed by atoms with van der Waals surface area (Å²) < 4.78 is 108. The molecule has 0 aliphatic carbocycles. The highest BCUT2D eigenvalue weighted by molar-refractivity contribution is 5.75. The molecule has 0 radical (unpaired) electrons. The van der Waals surface area contributed by atoms with E-state index in [4.69, 9.17) is 85.3 Å². The van der Waals surface area contributed by atoms with Crippen LogP contribution in [0.5, 0.6) is 0 Å². The van der Waals surface area contributed by atoms with Gasteiger partial charge < -0.3 is 250 Å². The van der Waals surface area contributed by atoms with Crippen molar-refractivity contribution in [2.24, 2.45) is 0 Å². The molecule has 5 amide bonds. The zero-order valence-electron chi connectivity index (χ0n) is 67.8. The number of carbonyl (C=O) groups excluding carboxylic acids is 5. The minimum absolute atomic E-state index is 0.878. The second kappa shape index (κ2) is 46.3. The van der Waals surface area contributed by atoms with Crippen LogP contribution in [-0.4, -0.2) is 534 Å². The van der Waals surface area contributed by atoms with Crippen LogP contribution < -0.4 is 26.6 Å². The number of aliphatic hydroxyl groups excluding tert-OH is 27. The summed E-state index contributed by atoms with van der Waals surface area (Å²) in [5.41, 5.74) is 0. The van der Waals surface area contributed by atoms with Crippen LogP contribution in [0.2, 0.25) is 0 Å². The first kappa shape index (κ1) is 104. The lowest BCUT2D eigenvalue weighted by Crippen LogP contribution is -2.71. The summed E-state index contributed by atoms with van der Waals surface area (Å²) in [6, 6.07) is -9.57. The molecule has 49 atom stereocenters. The highest BCUT2D eigenvalue weighted by Gasteiger charge is 2.62. The Kier molecular flexibility index (Phi) is 38.6. The third-order valence-electron chi connectivity index (χ3n) is 22.5. The van der Waals surface area contributed by atoms with E-state index in [1.807, 2.05) is 0 Å². The SMILES string of the molecule is CC(=O)N[C@H]1[C@H](O[C@@H]([C@H](O)[C@H](CO)NC(C)=O)[C@H](O)CO[C@@H]2O[C@@H](C)[C@@H](O)[C@@H](O)[C@@H]2O)O[C@H](CO)[C@@H](O[C@@H]2O[C@H](CO[C@H]3O[C@H](CO)[C@@H](O)[C@H](O)[C@@H]3O[C@@H]3O[C@H](CO)[C@@H](O[C@@H]4O[C@H](CO)[C@H](O)[C@H](O)[C@H]4O)[C@H](O)[C@H]3NC(C)=O)[C@@H](O)[C@H](O[C@H]3O[C@H](CO)[C@@H](O[C@@H]4O[C@H](CO)[C@@H](O)[C@H](O)[C@H]4NC(C)=O)[C@H](O)[C@@H]3O[C@@H]3O[C@H](CO)[C@@H](O)[C@H](O)[C@H]3NC(C)=O)[C@@H]2O)[C@@H]1O. The third-order valence-corrected chi connectivity index (χ3v) is 22.5. The first-order valence-corrected chi connectivity index (χ1v) is 39.9. The smallest absolute Gasteiger partial charge is 0.217 e. The summed E-state index contributed by atoms with van der Waals surface area (Å²) in [6.45, 7) is -5.57. The quantitative estimate of drug-likeness (QED) is 0.0277. The van der Waals surface area contributed by atoms with Crippen LogP contribution in [0.25, 0.3) is 0 Å². The summed E-state index contributed by atoms with van der Waals surface area (Å²) in [7, 11) is 0. The van der Waals surface area contributed by atoms with E-state index in [2.05, 4.69) is 26.6 Å². The van der Waals surface area contributed by atoms with E-state index in [9.17, 15) is 162 Å². The standard InChI is InChI=1S/C70H119N5O50/c1-17-37(90)48(101)51(104)66(110-17)108-15-24(89)55(38(91)23(7-76)71-18(2)84)119-64-35(74-21(5)87)46(99)57(30(13-82)115-64)122-68-54(107)59(123-70-61(125-63-34(73-20(4)86)45(98)40(93)26(9-78)112-63)53(106)58(31(14-83)117-70)120-62-33(72-19(3)85)44(97)39(92)25(8-77)111-62)43(96)32(118-68)16-109-69-60(50(103)42(95)28(11-80)114-69)124-65-36(75-22(6)88)47(100)56(29(12-81)116-65)121-67-52(105)49(102)41(94)27(10-79)113-67/h17,23-70,76-83,89-107H,7-16H2,1-6H3,(H,71,84)(H,72,85)(H,73,86)(H,74,87)(H,75,88)/t17-,23-,24+,25+,26+,27+,28+,29+,30+,31+,32+,33+,34+,35+,36+,37+,38+,39+,40+,41-,42+,43+,44+,45+,46+,47+,48+,49-,50-,51-,52+,53-,54-,55+,56+,57+,58+,59-,60-,61-,62-,63-,64-,65-,66+,67-,68-,69-,70+/m0/s1. The van der Waals surface area contributed by atoms with Crippen molar-refractivity contribution in [3.8, 4) is 0 Å². The van der Waals surface area contributed by atoms with Crippen molar-refractivity contribution in [3.63, 3.8) is 0 Å². The molecule has 0 aromatic heterocycles. The molecule has 9 rings (SSSR count). The van der Waals surface area contributed by atoms with Crippen molar-refractivity contribution in [1.29, 1.82) is 0 Å². The van der Waals surface area contributed by atoms with Crippen LogP contribution in [0.15, 0.2) is 0 Å². The second-order valence-electron chi connectivity index (χ2n) is 31.5. The zero-order chi connectivity index (χ0) is 92.5. The number of aliphatic hydroxyl groups is 27. The fraction of sp³-hybridized carbons (Fsp3) is 0.929. The predicted molar refractivity (Wildman–Crippen MR) is 388 cm³/mol. The lowest BCUT2D eigenvalue weighted by molar-refractivity contribution is -0.403. The van der Waals surface area contributed by atoms with Crippen molar-refractivity contribution >= 4 is 29.5 Å². The van der Waals surface area contributed by atoms with Crippen LogP contribution in [0.3, 0.4) is 0 Å². The van der Waals surface area contributed by atoms with Crippen molar-refractivity contribution in [2.45, 2.75) is 342 Å². The van der Waals surface area contributed by atoms with Crippen LogP contribution in [0.4, 0.5) is 0 Å². The van der Waals surface area contributed by atoms with Gasteiger partial charge in [0.05, 0.1) is 78.2 Å². The molecule has 9 aliphatic rings. The van der Waals surface area contributed by atoms with Gasteiger partial charge in [-0.1, -0.05) is 0 Å². The number of ether oxygens (including phenoxy) is 18. The summed E-state index contributed by atoms with van der Waals surface area (Å²) in [5, 5.41) is 315. The molecule has 9 heterocycles. The zero-order valence-corrected chi connectivity index (χ0v) is 67.8. The summed E-state index contributed by atoms with van der Waals surface area (Å²) in [4.78, 5) is 64.2. The highest BCUT2D eigenvalue weighted by Crippen LogP contribution is 2.41. The maximum atomic E-state index is 13.3. The van der Waals surface area contributed by atoms with Crippen molar-refractivity contribution in [2.75, 3.05) is 66.1 Å². The van der Waals surface area contributed by atoms with Crippen molar-refractivity contribution < 1.29 is 247 Å². The topological polar surface area (TPSA) is 858 Å². The largest absolute Gasteiger partial charge is 0.394 e. The van der Waals surface area contributed by atoms with Crippen molar-refractivity contribution in [3.05, 3.63) is 0 Å². The Hall–Kier alpha value is -4.45. The van der Waals surface area contributed by atoms with E-state index in [0.717, 1.165) is 34.6 Å².